The number of nitrogens with zero attached hydrogens (tertiary/aromatic N) is 1. The third-order valence-electron chi connectivity index (χ3n) is 1.60. The molecule has 1 rings (SSSR count). The van der Waals surface area contributed by atoms with E-state index in [-0.39, 0.29) is 10.2 Å². The molecule has 0 radical (unpaired) electrons. The summed E-state index contributed by atoms with van der Waals surface area (Å²) >= 11 is 2.90. The van der Waals surface area contributed by atoms with Crippen molar-refractivity contribution in [2.75, 3.05) is 0 Å². The van der Waals surface area contributed by atoms with Gasteiger partial charge < -0.3 is 5.11 Å². The Balaban J connectivity index is 3.34. The molecule has 0 fully saturated rings. The zero-order valence-electron chi connectivity index (χ0n) is 7.09. The zero-order valence-corrected chi connectivity index (χ0v) is 8.68. The molecule has 0 saturated heterocycles. The van der Waals surface area contributed by atoms with Gasteiger partial charge in [-0.1, -0.05) is 0 Å². The molecule has 6 heteroatoms. The fraction of sp³-hybridized carbons (Fsp3) is 0.250. The molecule has 1 N–H and O–H groups in total. The number of carbonyl (C=O) groups is 1. The smallest absolute Gasteiger partial charge is 0.354 e. The minimum Gasteiger partial charge on any atom is -0.477 e. The first-order chi connectivity index (χ1) is 6.43. The molecule has 0 unspecified atom stereocenters. The number of aromatic carboxylic acids is 1. The van der Waals surface area contributed by atoms with Gasteiger partial charge in [-0.05, 0) is 34.5 Å². The third kappa shape index (κ3) is 2.06. The van der Waals surface area contributed by atoms with Crippen LogP contribution in [0.2, 0.25) is 0 Å². The lowest BCUT2D eigenvalue weighted by atomic mass is 10.2. The lowest BCUT2D eigenvalue weighted by molar-refractivity contribution is 0.0687. The molecule has 14 heavy (non-hydrogen) atoms. The van der Waals surface area contributed by atoms with E-state index in [9.17, 15) is 13.6 Å². The van der Waals surface area contributed by atoms with Gasteiger partial charge >= 0.3 is 5.97 Å². The Morgan fingerprint density at radius 2 is 2.21 bits per heavy atom. The van der Waals surface area contributed by atoms with Crippen molar-refractivity contribution >= 4 is 21.9 Å². The average molecular weight is 266 g/mol. The Morgan fingerprint density at radius 3 is 2.64 bits per heavy atom. The number of aromatic nitrogens is 1. The van der Waals surface area contributed by atoms with Crippen LogP contribution in [0.15, 0.2) is 10.5 Å². The van der Waals surface area contributed by atoms with Crippen LogP contribution in [0.3, 0.4) is 0 Å². The van der Waals surface area contributed by atoms with Crippen LogP contribution in [-0.2, 0) is 0 Å². The molecule has 0 bridgehead atoms. The van der Waals surface area contributed by atoms with Gasteiger partial charge in [-0.2, -0.15) is 0 Å². The molecule has 1 aromatic heterocycles. The maximum Gasteiger partial charge on any atom is 0.354 e. The maximum absolute atomic E-state index is 12.3. The predicted molar refractivity (Wildman–Crippen MR) is 48.6 cm³/mol. The SMILES string of the molecule is Cc1cc(Br)c(C(F)F)nc1C(=O)O. The van der Waals surface area contributed by atoms with Crippen LogP contribution in [-0.4, -0.2) is 16.1 Å². The van der Waals surface area contributed by atoms with Crippen molar-refractivity contribution in [1.82, 2.24) is 4.98 Å². The summed E-state index contributed by atoms with van der Waals surface area (Å²) in [6, 6.07) is 1.32. The Hall–Kier alpha value is -1.04. The van der Waals surface area contributed by atoms with Crippen molar-refractivity contribution in [3.63, 3.8) is 0 Å². The van der Waals surface area contributed by atoms with Crippen LogP contribution in [0.5, 0.6) is 0 Å². The van der Waals surface area contributed by atoms with Gasteiger partial charge in [0.05, 0.1) is 0 Å². The highest BCUT2D eigenvalue weighted by Crippen LogP contribution is 2.27. The molecule has 1 heterocycles. The normalized spacial score (nSPS) is 10.6. The average Bonchev–Trinajstić information content (AvgIpc) is 2.02. The minimum atomic E-state index is -2.79. The number of rotatable bonds is 2. The number of pyridine rings is 1. The molecule has 0 amide bonds. The lowest BCUT2D eigenvalue weighted by Crippen LogP contribution is -2.06. The first-order valence-corrected chi connectivity index (χ1v) is 4.41. The topological polar surface area (TPSA) is 50.2 Å². The van der Waals surface area contributed by atoms with E-state index in [0.717, 1.165) is 0 Å². The van der Waals surface area contributed by atoms with Crippen LogP contribution in [0.25, 0.3) is 0 Å². The van der Waals surface area contributed by atoms with Gasteiger partial charge in [-0.15, -0.1) is 0 Å². The number of aryl methyl sites for hydroxylation is 1. The lowest BCUT2D eigenvalue weighted by Gasteiger charge is -2.06. The highest BCUT2D eigenvalue weighted by molar-refractivity contribution is 9.10. The summed E-state index contributed by atoms with van der Waals surface area (Å²) in [5, 5.41) is 8.64. The van der Waals surface area contributed by atoms with E-state index in [1.165, 1.54) is 13.0 Å². The highest BCUT2D eigenvalue weighted by Gasteiger charge is 2.18. The Bertz CT molecular complexity index is 382. The summed E-state index contributed by atoms with van der Waals surface area (Å²) < 4.78 is 24.8. The Kier molecular flexibility index (Phi) is 3.15. The van der Waals surface area contributed by atoms with Crippen molar-refractivity contribution in [3.05, 3.63) is 27.5 Å². The molecule has 0 spiro atoms. The van der Waals surface area contributed by atoms with Crippen molar-refractivity contribution in [2.24, 2.45) is 0 Å². The van der Waals surface area contributed by atoms with Crippen LogP contribution in [0.4, 0.5) is 8.78 Å². The summed E-state index contributed by atoms with van der Waals surface area (Å²) in [5.41, 5.74) is -0.551. The van der Waals surface area contributed by atoms with Crippen molar-refractivity contribution in [3.8, 4) is 0 Å². The summed E-state index contributed by atoms with van der Waals surface area (Å²) in [6.07, 6.45) is -2.79. The molecule has 0 aliphatic rings. The van der Waals surface area contributed by atoms with E-state index in [0.29, 0.717) is 5.56 Å². The van der Waals surface area contributed by atoms with E-state index in [1.807, 2.05) is 0 Å². The van der Waals surface area contributed by atoms with Crippen LogP contribution in [0, 0.1) is 6.92 Å². The first kappa shape index (κ1) is 11.0. The molecule has 76 valence electrons. The molecular weight excluding hydrogens is 260 g/mol. The van der Waals surface area contributed by atoms with E-state index in [1.54, 1.807) is 0 Å². The van der Waals surface area contributed by atoms with Gasteiger partial charge in [0.2, 0.25) is 0 Å². The second-order valence-electron chi connectivity index (χ2n) is 2.63. The van der Waals surface area contributed by atoms with Crippen molar-refractivity contribution in [1.29, 1.82) is 0 Å². The Labute approximate surface area is 86.9 Å². The van der Waals surface area contributed by atoms with E-state index < -0.39 is 18.1 Å². The second-order valence-corrected chi connectivity index (χ2v) is 3.48. The largest absolute Gasteiger partial charge is 0.477 e. The van der Waals surface area contributed by atoms with Crippen molar-refractivity contribution < 1.29 is 18.7 Å². The van der Waals surface area contributed by atoms with Gasteiger partial charge in [0.15, 0.2) is 5.69 Å². The Morgan fingerprint density at radius 1 is 1.64 bits per heavy atom. The zero-order chi connectivity index (χ0) is 10.9. The summed E-state index contributed by atoms with van der Waals surface area (Å²) in [4.78, 5) is 14.0. The van der Waals surface area contributed by atoms with Crippen LogP contribution < -0.4 is 0 Å². The minimum absolute atomic E-state index is 0.120. The number of hydrogen-bond donors (Lipinski definition) is 1. The van der Waals surface area contributed by atoms with Gasteiger partial charge in [0.1, 0.15) is 5.69 Å². The standard InChI is InChI=1S/C8H6BrF2NO2/c1-3-2-4(9)6(7(10)11)12-5(3)8(13)14/h2,7H,1H3,(H,13,14). The summed E-state index contributed by atoms with van der Waals surface area (Å²) in [6.45, 7) is 1.50. The van der Waals surface area contributed by atoms with E-state index >= 15 is 0 Å². The number of carboxylic acids is 1. The van der Waals surface area contributed by atoms with Crippen LogP contribution >= 0.6 is 15.9 Å². The highest BCUT2D eigenvalue weighted by atomic mass is 79.9. The molecule has 3 nitrogen and oxygen atoms in total. The fourth-order valence-electron chi connectivity index (χ4n) is 0.964. The second kappa shape index (κ2) is 4.00. The molecular formula is C8H6BrF2NO2. The predicted octanol–water partition coefficient (Wildman–Crippen LogP) is 2.79. The van der Waals surface area contributed by atoms with Gasteiger partial charge in [0.25, 0.3) is 6.43 Å². The molecule has 0 aromatic carbocycles. The van der Waals surface area contributed by atoms with E-state index in [2.05, 4.69) is 20.9 Å². The molecule has 0 saturated carbocycles. The number of hydrogen-bond acceptors (Lipinski definition) is 2. The van der Waals surface area contributed by atoms with E-state index in [4.69, 9.17) is 5.11 Å². The molecule has 0 atom stereocenters. The molecule has 0 aliphatic heterocycles. The number of halogens is 3. The fourth-order valence-corrected chi connectivity index (χ4v) is 1.57. The van der Waals surface area contributed by atoms with Gasteiger partial charge in [-0.3, -0.25) is 0 Å². The quantitative estimate of drug-likeness (QED) is 0.895. The summed E-state index contributed by atoms with van der Waals surface area (Å²) in [7, 11) is 0. The molecule has 1 aromatic rings. The maximum atomic E-state index is 12.3. The first-order valence-electron chi connectivity index (χ1n) is 3.62. The van der Waals surface area contributed by atoms with Crippen LogP contribution in [0.1, 0.15) is 28.2 Å². The number of carboxylic acid groups (broad SMARTS) is 1. The van der Waals surface area contributed by atoms with Gasteiger partial charge in [0, 0.05) is 4.47 Å². The van der Waals surface area contributed by atoms with Crippen molar-refractivity contribution in [2.45, 2.75) is 13.3 Å². The number of alkyl halides is 2. The van der Waals surface area contributed by atoms with Gasteiger partial charge in [-0.25, -0.2) is 18.6 Å². The molecule has 0 aliphatic carbocycles. The summed E-state index contributed by atoms with van der Waals surface area (Å²) in [5.74, 6) is -1.31. The third-order valence-corrected chi connectivity index (χ3v) is 2.24. The monoisotopic (exact) mass is 265 g/mol.